The fourth-order valence-corrected chi connectivity index (χ4v) is 4.68. The lowest BCUT2D eigenvalue weighted by Crippen LogP contribution is -2.43. The first-order chi connectivity index (χ1) is 16.4. The molecule has 2 heterocycles. The summed E-state index contributed by atoms with van der Waals surface area (Å²) in [6, 6.07) is 2.12. The summed E-state index contributed by atoms with van der Waals surface area (Å²) in [5.41, 5.74) is 3.42. The summed E-state index contributed by atoms with van der Waals surface area (Å²) >= 11 is 6.67. The number of ether oxygens (including phenoxy) is 1. The van der Waals surface area contributed by atoms with Gasteiger partial charge in [0.15, 0.2) is 6.61 Å². The first kappa shape index (κ1) is 26.0. The summed E-state index contributed by atoms with van der Waals surface area (Å²) in [4.78, 5) is 33.0. The molecule has 34 heavy (non-hydrogen) atoms. The molecule has 1 fully saturated rings. The van der Waals surface area contributed by atoms with Crippen LogP contribution in [-0.4, -0.2) is 48.3 Å². The summed E-state index contributed by atoms with van der Waals surface area (Å²) in [5.74, 6) is -0.446. The number of nitrogens with zero attached hydrogens (tertiary/aromatic N) is 2. The van der Waals surface area contributed by atoms with Crippen LogP contribution in [0.1, 0.15) is 72.5 Å². The van der Waals surface area contributed by atoms with E-state index >= 15 is 0 Å². The Kier molecular flexibility index (Phi) is 9.75. The molecule has 0 bridgehead atoms. The van der Waals surface area contributed by atoms with Crippen LogP contribution in [-0.2, 0) is 20.8 Å². The summed E-state index contributed by atoms with van der Waals surface area (Å²) in [6.07, 6.45) is 13.9. The van der Waals surface area contributed by atoms with Crippen LogP contribution in [0, 0.1) is 13.8 Å². The van der Waals surface area contributed by atoms with Crippen LogP contribution in [0.5, 0.6) is 0 Å². The lowest BCUT2D eigenvalue weighted by molar-refractivity contribution is -0.139. The highest BCUT2D eigenvalue weighted by molar-refractivity contribution is 6.33. The minimum Gasteiger partial charge on any atom is -0.462 e. The highest BCUT2D eigenvalue weighted by atomic mass is 35.5. The number of cyclic esters (lactones) is 1. The van der Waals surface area contributed by atoms with E-state index in [1.165, 1.54) is 0 Å². The number of oxime groups is 1. The van der Waals surface area contributed by atoms with Crippen molar-refractivity contribution in [1.29, 1.82) is 0 Å². The van der Waals surface area contributed by atoms with Crippen molar-refractivity contribution in [3.05, 3.63) is 57.6 Å². The average Bonchev–Trinajstić information content (AvgIpc) is 2.80. The van der Waals surface area contributed by atoms with Gasteiger partial charge in [0.1, 0.15) is 0 Å². The fourth-order valence-electron chi connectivity index (χ4n) is 4.46. The number of esters is 1. The molecule has 0 spiro atoms. The van der Waals surface area contributed by atoms with Crippen LogP contribution >= 0.6 is 11.6 Å². The number of carbonyl (C=O) groups excluding carboxylic acids is 2. The average molecular weight is 487 g/mol. The lowest BCUT2D eigenvalue weighted by Gasteiger charge is -2.32. The molecule has 1 aromatic carbocycles. The van der Waals surface area contributed by atoms with E-state index in [4.69, 9.17) is 21.2 Å². The molecule has 1 saturated heterocycles. The number of fused-ring (bicyclic) bond motifs is 1. The van der Waals surface area contributed by atoms with E-state index < -0.39 is 5.97 Å². The number of aryl methyl sites for hydroxylation is 2. The second-order valence-electron chi connectivity index (χ2n) is 9.02. The van der Waals surface area contributed by atoms with Crippen molar-refractivity contribution in [2.45, 2.75) is 71.8 Å². The topological polar surface area (TPSA) is 68.2 Å². The van der Waals surface area contributed by atoms with Crippen LogP contribution in [0.25, 0.3) is 0 Å². The van der Waals surface area contributed by atoms with E-state index in [2.05, 4.69) is 18.2 Å². The van der Waals surface area contributed by atoms with Gasteiger partial charge < -0.3 is 14.5 Å². The van der Waals surface area contributed by atoms with E-state index in [0.717, 1.165) is 49.8 Å². The van der Waals surface area contributed by atoms with E-state index in [-0.39, 0.29) is 18.6 Å². The maximum absolute atomic E-state index is 12.9. The molecule has 1 unspecified atom stereocenters. The molecular formula is C27H35ClN2O4. The Bertz CT molecular complexity index is 983. The molecule has 1 aromatic rings. The maximum atomic E-state index is 12.9. The molecule has 3 rings (SSSR count). The Morgan fingerprint density at radius 2 is 1.94 bits per heavy atom. The third-order valence-corrected chi connectivity index (χ3v) is 6.82. The summed E-state index contributed by atoms with van der Waals surface area (Å²) in [5, 5.41) is 4.81. The van der Waals surface area contributed by atoms with Gasteiger partial charge in [0.25, 0.3) is 5.91 Å². The third-order valence-electron chi connectivity index (χ3n) is 6.29. The Balaban J connectivity index is 1.86. The van der Waals surface area contributed by atoms with Gasteiger partial charge in [-0.05, 0) is 82.1 Å². The van der Waals surface area contributed by atoms with Crippen molar-refractivity contribution in [2.75, 3.05) is 19.8 Å². The van der Waals surface area contributed by atoms with Gasteiger partial charge in [-0.2, -0.15) is 0 Å². The first-order valence-corrected chi connectivity index (χ1v) is 12.5. The molecule has 1 atom stereocenters. The van der Waals surface area contributed by atoms with Gasteiger partial charge in [-0.25, -0.2) is 4.79 Å². The van der Waals surface area contributed by atoms with Gasteiger partial charge in [-0.3, -0.25) is 4.79 Å². The number of amides is 1. The van der Waals surface area contributed by atoms with Gasteiger partial charge in [-0.15, -0.1) is 0 Å². The minimum absolute atomic E-state index is 0.0553. The number of allylic oxidation sites excluding steroid dienone is 3. The number of carbonyl (C=O) groups is 2. The van der Waals surface area contributed by atoms with Crippen LogP contribution in [0.4, 0.5) is 0 Å². The quantitative estimate of drug-likeness (QED) is 0.311. The number of hydrogen-bond acceptors (Lipinski definition) is 5. The van der Waals surface area contributed by atoms with Crippen molar-refractivity contribution < 1.29 is 19.2 Å². The zero-order valence-corrected chi connectivity index (χ0v) is 21.2. The molecule has 2 aliphatic heterocycles. The summed E-state index contributed by atoms with van der Waals surface area (Å²) < 4.78 is 5.53. The van der Waals surface area contributed by atoms with Gasteiger partial charge >= 0.3 is 5.97 Å². The van der Waals surface area contributed by atoms with E-state index in [9.17, 15) is 9.59 Å². The number of rotatable bonds is 3. The number of halogens is 1. The van der Waals surface area contributed by atoms with Gasteiger partial charge in [0.2, 0.25) is 0 Å². The first-order valence-electron chi connectivity index (χ1n) is 12.1. The number of hydrogen-bond donors (Lipinski definition) is 0. The predicted molar refractivity (Wildman–Crippen MR) is 135 cm³/mol. The molecule has 0 aromatic heterocycles. The highest BCUT2D eigenvalue weighted by Crippen LogP contribution is 2.29. The van der Waals surface area contributed by atoms with Gasteiger partial charge in [0, 0.05) is 24.0 Å². The van der Waals surface area contributed by atoms with E-state index in [1.54, 1.807) is 0 Å². The summed E-state index contributed by atoms with van der Waals surface area (Å²) in [6.45, 7) is 6.83. The highest BCUT2D eigenvalue weighted by Gasteiger charge is 2.24. The molecule has 2 aliphatic rings. The molecular weight excluding hydrogens is 452 g/mol. The Labute approximate surface area is 207 Å². The van der Waals surface area contributed by atoms with Crippen molar-refractivity contribution in [3.63, 3.8) is 0 Å². The Hall–Kier alpha value is -2.60. The minimum atomic E-state index is -0.390. The predicted octanol–water partition coefficient (Wildman–Crippen LogP) is 5.73. The number of benzene rings is 1. The normalized spacial score (nSPS) is 22.0. The van der Waals surface area contributed by atoms with E-state index in [0.29, 0.717) is 41.3 Å². The number of piperidine rings is 1. The van der Waals surface area contributed by atoms with Gasteiger partial charge in [-0.1, -0.05) is 41.1 Å². The zero-order valence-electron chi connectivity index (χ0n) is 20.4. The van der Waals surface area contributed by atoms with Crippen LogP contribution in [0.3, 0.4) is 0 Å². The zero-order chi connectivity index (χ0) is 24.5. The van der Waals surface area contributed by atoms with Crippen LogP contribution in [0.15, 0.2) is 35.5 Å². The number of likely N-dealkylation sites (tertiary alicyclic amines) is 1. The summed E-state index contributed by atoms with van der Waals surface area (Å²) in [7, 11) is 0. The molecule has 7 heteroatoms. The fraction of sp³-hybridized carbons (Fsp3) is 0.519. The smallest absolute Gasteiger partial charge is 0.338 e. The second-order valence-corrected chi connectivity index (χ2v) is 9.40. The van der Waals surface area contributed by atoms with Crippen molar-refractivity contribution in [3.8, 4) is 0 Å². The third kappa shape index (κ3) is 6.95. The standard InChI is InChI=1S/C27H35ClN2O4/c1-19-16-20(2)26(28)23-17-22(29-34-18-24(31)30-14-10-9-12-21(30)3)13-8-6-4-5-7-11-15-33-27(32)25(19)23/h5,7-8,13,16,21H,4,6,9-12,14-15,17-18H2,1-3H3/b7-5+,13-8?,29-22+. The van der Waals surface area contributed by atoms with Gasteiger partial charge in [0.05, 0.1) is 17.9 Å². The SMILES string of the molecule is Cc1cc(C)c2c(c1Cl)C/C(=N/OCC(=O)N1CCCCC1C)C=CCC/C=C/CCOC2=O. The second kappa shape index (κ2) is 12.7. The molecule has 184 valence electrons. The van der Waals surface area contributed by atoms with Crippen LogP contribution < -0.4 is 0 Å². The van der Waals surface area contributed by atoms with E-state index in [1.807, 2.05) is 43.0 Å². The molecule has 0 N–H and O–H groups in total. The monoisotopic (exact) mass is 486 g/mol. The molecule has 6 nitrogen and oxygen atoms in total. The maximum Gasteiger partial charge on any atom is 0.338 e. The molecule has 0 radical (unpaired) electrons. The Morgan fingerprint density at radius 3 is 2.74 bits per heavy atom. The van der Waals surface area contributed by atoms with Crippen molar-refractivity contribution in [2.24, 2.45) is 5.16 Å². The van der Waals surface area contributed by atoms with Crippen LogP contribution in [0.2, 0.25) is 5.02 Å². The van der Waals surface area contributed by atoms with Crippen molar-refractivity contribution in [1.82, 2.24) is 4.90 Å². The molecule has 0 saturated carbocycles. The lowest BCUT2D eigenvalue weighted by atomic mass is 9.94. The largest absolute Gasteiger partial charge is 0.462 e. The molecule has 0 aliphatic carbocycles. The van der Waals surface area contributed by atoms with Crippen molar-refractivity contribution >= 4 is 29.2 Å². The Morgan fingerprint density at radius 1 is 1.18 bits per heavy atom. The molecule has 1 amide bonds.